The van der Waals surface area contributed by atoms with Gasteiger partial charge in [-0.1, -0.05) is 13.8 Å². The molecule has 2 rings (SSSR count). The number of morpholine rings is 1. The number of hydrogen-bond acceptors (Lipinski definition) is 7. The lowest BCUT2D eigenvalue weighted by Crippen LogP contribution is -2.56. The third kappa shape index (κ3) is 3.07. The van der Waals surface area contributed by atoms with Gasteiger partial charge in [0, 0.05) is 0 Å². The van der Waals surface area contributed by atoms with Gasteiger partial charge < -0.3 is 23.8 Å². The molecule has 2 aliphatic heterocycles. The Morgan fingerprint density at radius 1 is 1.27 bits per heavy atom. The molecule has 0 N–H and O–H groups in total. The Kier molecular flexibility index (Phi) is 5.02. The summed E-state index contributed by atoms with van der Waals surface area (Å²) in [6.45, 7) is 3.97. The second-order valence-corrected chi connectivity index (χ2v) is 5.73. The molecule has 1 amide bonds. The van der Waals surface area contributed by atoms with Gasteiger partial charge in [-0.3, -0.25) is 4.79 Å². The average Bonchev–Trinajstić information content (AvgIpc) is 2.86. The molecule has 124 valence electrons. The van der Waals surface area contributed by atoms with E-state index in [0.717, 1.165) is 0 Å². The number of carbonyl (C=O) groups is 3. The molecule has 22 heavy (non-hydrogen) atoms. The molecule has 0 radical (unpaired) electrons. The van der Waals surface area contributed by atoms with Crippen molar-refractivity contribution in [1.29, 1.82) is 0 Å². The van der Waals surface area contributed by atoms with Crippen molar-refractivity contribution in [2.24, 2.45) is 5.92 Å². The van der Waals surface area contributed by atoms with Gasteiger partial charge in [-0.15, -0.1) is 0 Å². The van der Waals surface area contributed by atoms with Crippen molar-refractivity contribution < 1.29 is 33.3 Å². The van der Waals surface area contributed by atoms with Gasteiger partial charge in [-0.2, -0.15) is 0 Å². The summed E-state index contributed by atoms with van der Waals surface area (Å²) < 4.78 is 20.2. The molecule has 0 aromatic rings. The highest BCUT2D eigenvalue weighted by molar-refractivity contribution is 5.92. The van der Waals surface area contributed by atoms with Crippen LogP contribution in [0.25, 0.3) is 0 Å². The molecular weight excluding hydrogens is 294 g/mol. The third-order valence-corrected chi connectivity index (χ3v) is 3.72. The van der Waals surface area contributed by atoms with Crippen molar-refractivity contribution in [3.8, 4) is 0 Å². The highest BCUT2D eigenvalue weighted by Crippen LogP contribution is 2.30. The quantitative estimate of drug-likeness (QED) is 0.643. The molecule has 2 heterocycles. The summed E-state index contributed by atoms with van der Waals surface area (Å²) in [6.07, 6.45) is -2.46. The standard InChI is InChI=1S/C14H21NO7/c1-7(2)5-8(13(17)19-3)15-6-9-21-10(12(15)16)11(22-9)14(18)20-4/h7-11H,5-6H2,1-4H3/t8-,9+,10-,11-/m0/s1. The maximum atomic E-state index is 12.6. The fourth-order valence-electron chi connectivity index (χ4n) is 2.70. The van der Waals surface area contributed by atoms with Crippen LogP contribution < -0.4 is 0 Å². The second kappa shape index (κ2) is 6.62. The first kappa shape index (κ1) is 16.7. The Bertz CT molecular complexity index is 464. The van der Waals surface area contributed by atoms with E-state index in [9.17, 15) is 14.4 Å². The number of hydrogen-bond donors (Lipinski definition) is 0. The molecular formula is C14H21NO7. The van der Waals surface area contributed by atoms with Crippen LogP contribution in [0.5, 0.6) is 0 Å². The molecule has 8 nitrogen and oxygen atoms in total. The summed E-state index contributed by atoms with van der Waals surface area (Å²) in [5.41, 5.74) is 0. The molecule has 0 spiro atoms. The molecule has 2 fully saturated rings. The predicted molar refractivity (Wildman–Crippen MR) is 72.5 cm³/mol. The number of methoxy groups -OCH3 is 2. The van der Waals surface area contributed by atoms with Crippen molar-refractivity contribution in [2.75, 3.05) is 20.8 Å². The van der Waals surface area contributed by atoms with E-state index in [4.69, 9.17) is 14.2 Å². The minimum absolute atomic E-state index is 0.0787. The van der Waals surface area contributed by atoms with Crippen molar-refractivity contribution in [2.45, 2.75) is 44.8 Å². The molecule has 0 unspecified atom stereocenters. The molecule has 2 saturated heterocycles. The number of rotatable bonds is 5. The molecule has 0 aliphatic carbocycles. The molecule has 2 bridgehead atoms. The zero-order chi connectivity index (χ0) is 16.4. The Labute approximate surface area is 128 Å². The van der Waals surface area contributed by atoms with E-state index in [-0.39, 0.29) is 12.5 Å². The van der Waals surface area contributed by atoms with Gasteiger partial charge in [-0.25, -0.2) is 9.59 Å². The Morgan fingerprint density at radius 2 is 1.95 bits per heavy atom. The van der Waals surface area contributed by atoms with Crippen molar-refractivity contribution >= 4 is 17.8 Å². The van der Waals surface area contributed by atoms with Crippen molar-refractivity contribution in [3.05, 3.63) is 0 Å². The highest BCUT2D eigenvalue weighted by Gasteiger charge is 2.53. The topological polar surface area (TPSA) is 91.4 Å². The zero-order valence-electron chi connectivity index (χ0n) is 13.1. The zero-order valence-corrected chi connectivity index (χ0v) is 13.1. The van der Waals surface area contributed by atoms with E-state index in [2.05, 4.69) is 4.74 Å². The molecule has 2 aliphatic rings. The van der Waals surface area contributed by atoms with Gasteiger partial charge in [0.15, 0.2) is 18.5 Å². The van der Waals surface area contributed by atoms with E-state index in [1.165, 1.54) is 19.1 Å². The maximum absolute atomic E-state index is 12.6. The van der Waals surface area contributed by atoms with Crippen molar-refractivity contribution in [1.82, 2.24) is 4.90 Å². The Balaban J connectivity index is 2.20. The van der Waals surface area contributed by atoms with Crippen LogP contribution in [0.3, 0.4) is 0 Å². The molecule has 0 saturated carbocycles. The SMILES string of the molecule is COC(=O)[C@H]1O[C@@H]2CN([C@@H](CC(C)C)C(=O)OC)C(=O)[C@H]1O2. The molecule has 4 atom stereocenters. The molecule has 0 aromatic carbocycles. The van der Waals surface area contributed by atoms with Crippen LogP contribution in [0.4, 0.5) is 0 Å². The summed E-state index contributed by atoms with van der Waals surface area (Å²) in [6, 6.07) is -0.716. The second-order valence-electron chi connectivity index (χ2n) is 5.73. The third-order valence-electron chi connectivity index (χ3n) is 3.72. The monoisotopic (exact) mass is 315 g/mol. The van der Waals surface area contributed by atoms with Crippen LogP contribution in [0.2, 0.25) is 0 Å². The van der Waals surface area contributed by atoms with Crippen molar-refractivity contribution in [3.63, 3.8) is 0 Å². The lowest BCUT2D eigenvalue weighted by atomic mass is 10.0. The maximum Gasteiger partial charge on any atom is 0.338 e. The van der Waals surface area contributed by atoms with Gasteiger partial charge in [0.2, 0.25) is 0 Å². The van der Waals surface area contributed by atoms with Gasteiger partial charge in [-0.05, 0) is 12.3 Å². The number of nitrogens with zero attached hydrogens (tertiary/aromatic N) is 1. The fourth-order valence-corrected chi connectivity index (χ4v) is 2.70. The van der Waals surface area contributed by atoms with Crippen LogP contribution in [0, 0.1) is 5.92 Å². The molecule has 8 heteroatoms. The first-order valence-electron chi connectivity index (χ1n) is 7.16. The summed E-state index contributed by atoms with van der Waals surface area (Å²) in [7, 11) is 2.50. The van der Waals surface area contributed by atoms with E-state index < -0.39 is 42.4 Å². The van der Waals surface area contributed by atoms with Gasteiger partial charge in [0.1, 0.15) is 6.04 Å². The first-order valence-corrected chi connectivity index (χ1v) is 7.16. The first-order chi connectivity index (χ1) is 10.4. The van der Waals surface area contributed by atoms with E-state index in [1.54, 1.807) is 0 Å². The van der Waals surface area contributed by atoms with Gasteiger partial charge in [0.05, 0.1) is 20.8 Å². The number of carbonyl (C=O) groups excluding carboxylic acids is 3. The van der Waals surface area contributed by atoms with Gasteiger partial charge in [0.25, 0.3) is 5.91 Å². The van der Waals surface area contributed by atoms with E-state index in [1.807, 2.05) is 13.8 Å². The summed E-state index contributed by atoms with van der Waals surface area (Å²) in [4.78, 5) is 37.6. The summed E-state index contributed by atoms with van der Waals surface area (Å²) in [5.74, 6) is -1.42. The normalized spacial score (nSPS) is 28.7. The Morgan fingerprint density at radius 3 is 2.50 bits per heavy atom. The van der Waals surface area contributed by atoms with Crippen LogP contribution >= 0.6 is 0 Å². The average molecular weight is 315 g/mol. The molecule has 0 aromatic heterocycles. The minimum Gasteiger partial charge on any atom is -0.467 e. The van der Waals surface area contributed by atoms with E-state index >= 15 is 0 Å². The number of fused-ring (bicyclic) bond motifs is 2. The largest absolute Gasteiger partial charge is 0.467 e. The van der Waals surface area contributed by atoms with Crippen LogP contribution in [-0.4, -0.2) is 68.0 Å². The highest BCUT2D eigenvalue weighted by atomic mass is 16.7. The van der Waals surface area contributed by atoms with E-state index in [0.29, 0.717) is 6.42 Å². The summed E-state index contributed by atoms with van der Waals surface area (Å²) >= 11 is 0. The van der Waals surface area contributed by atoms with Gasteiger partial charge >= 0.3 is 11.9 Å². The lowest BCUT2D eigenvalue weighted by Gasteiger charge is -2.35. The predicted octanol–water partition coefficient (Wildman–Crippen LogP) is -0.301. The number of ether oxygens (including phenoxy) is 4. The Hall–Kier alpha value is -1.67. The fraction of sp³-hybridized carbons (Fsp3) is 0.786. The van der Waals surface area contributed by atoms with Crippen LogP contribution in [0.15, 0.2) is 0 Å². The minimum atomic E-state index is -1.09. The van der Waals surface area contributed by atoms with Crippen LogP contribution in [-0.2, 0) is 33.3 Å². The number of amides is 1. The summed E-state index contributed by atoms with van der Waals surface area (Å²) in [5, 5.41) is 0. The van der Waals surface area contributed by atoms with Crippen LogP contribution in [0.1, 0.15) is 20.3 Å². The number of esters is 2. The smallest absolute Gasteiger partial charge is 0.338 e. The lowest BCUT2D eigenvalue weighted by molar-refractivity contribution is -0.174.